The third kappa shape index (κ3) is 2.15. The molecular formula is C15H23N5O3. The highest BCUT2D eigenvalue weighted by atomic mass is 16.5. The Kier molecular flexibility index (Phi) is 3.18. The van der Waals surface area contributed by atoms with E-state index in [0.29, 0.717) is 24.6 Å². The van der Waals surface area contributed by atoms with E-state index in [1.54, 1.807) is 4.90 Å². The van der Waals surface area contributed by atoms with Gasteiger partial charge in [-0.05, 0) is 6.42 Å². The number of carbonyl (C=O) groups is 1. The molecule has 4 rings (SSSR count). The predicted molar refractivity (Wildman–Crippen MR) is 80.4 cm³/mol. The van der Waals surface area contributed by atoms with Crippen LogP contribution in [0.3, 0.4) is 0 Å². The number of nitrogens with one attached hydrogen (secondary N) is 2. The fourth-order valence-corrected chi connectivity index (χ4v) is 4.44. The molecule has 3 N–H and O–H groups in total. The van der Waals surface area contributed by atoms with Gasteiger partial charge in [-0.15, -0.1) is 0 Å². The average Bonchev–Trinajstić information content (AvgIpc) is 3.24. The van der Waals surface area contributed by atoms with Gasteiger partial charge in [0.2, 0.25) is 0 Å². The molecule has 126 valence electrons. The normalized spacial score (nSPS) is 38.2. The Morgan fingerprint density at radius 3 is 3.13 bits per heavy atom. The molecule has 0 aromatic carbocycles. The van der Waals surface area contributed by atoms with E-state index >= 15 is 0 Å². The topological polar surface area (TPSA) is 103 Å². The van der Waals surface area contributed by atoms with Crippen molar-refractivity contribution in [1.29, 1.82) is 0 Å². The summed E-state index contributed by atoms with van der Waals surface area (Å²) in [7, 11) is 0. The van der Waals surface area contributed by atoms with E-state index in [-0.39, 0.29) is 30.1 Å². The fraction of sp³-hybridized carbons (Fsp3) is 0.800. The van der Waals surface area contributed by atoms with Gasteiger partial charge >= 0.3 is 6.03 Å². The molecule has 8 heteroatoms. The Hall–Kier alpha value is -1.67. The first-order valence-electron chi connectivity index (χ1n) is 8.17. The molecule has 3 fully saturated rings. The number of hydrogen-bond donors (Lipinski definition) is 3. The van der Waals surface area contributed by atoms with Gasteiger partial charge in [-0.1, -0.05) is 13.8 Å². The smallest absolute Gasteiger partial charge is 0.317 e. The zero-order valence-electron chi connectivity index (χ0n) is 13.5. The lowest BCUT2D eigenvalue weighted by Crippen LogP contribution is -2.67. The standard InChI is InChI=1S/C15H23N5O3/c1-14(2)11(9-3-6-23-12(9)14)17-13(21)20-5-4-15(22,8-20)10-7-16-19-18-10/h7,9,11-12,22H,3-6,8H2,1-2H3,(H,17,21)(H,16,18,19). The van der Waals surface area contributed by atoms with Crippen molar-refractivity contribution in [1.82, 2.24) is 25.6 Å². The van der Waals surface area contributed by atoms with Gasteiger partial charge in [0.05, 0.1) is 18.8 Å². The highest BCUT2D eigenvalue weighted by Crippen LogP contribution is 2.52. The van der Waals surface area contributed by atoms with Crippen LogP contribution in [0.25, 0.3) is 0 Å². The molecule has 3 aliphatic rings. The molecule has 4 atom stereocenters. The van der Waals surface area contributed by atoms with Crippen LogP contribution in [0.5, 0.6) is 0 Å². The first-order valence-corrected chi connectivity index (χ1v) is 8.17. The highest BCUT2D eigenvalue weighted by Gasteiger charge is 2.60. The van der Waals surface area contributed by atoms with Crippen LogP contribution in [0.2, 0.25) is 0 Å². The van der Waals surface area contributed by atoms with Crippen LogP contribution in [0, 0.1) is 11.3 Å². The number of nitrogens with zero attached hydrogens (tertiary/aromatic N) is 3. The number of fused-ring (bicyclic) bond motifs is 1. The summed E-state index contributed by atoms with van der Waals surface area (Å²) < 4.78 is 5.76. The van der Waals surface area contributed by atoms with Crippen molar-refractivity contribution in [2.45, 2.75) is 44.4 Å². The molecule has 1 aliphatic carbocycles. The van der Waals surface area contributed by atoms with Crippen molar-refractivity contribution in [2.24, 2.45) is 11.3 Å². The number of likely N-dealkylation sites (tertiary alicyclic amines) is 1. The minimum absolute atomic E-state index is 0.0427. The van der Waals surface area contributed by atoms with Crippen LogP contribution in [0.1, 0.15) is 32.4 Å². The molecule has 4 unspecified atom stereocenters. The van der Waals surface area contributed by atoms with Crippen LogP contribution >= 0.6 is 0 Å². The Morgan fingerprint density at radius 2 is 2.39 bits per heavy atom. The second kappa shape index (κ2) is 4.91. The Labute approximate surface area is 134 Å². The molecule has 2 saturated heterocycles. The van der Waals surface area contributed by atoms with Gasteiger partial charge in [0.15, 0.2) is 0 Å². The van der Waals surface area contributed by atoms with Gasteiger partial charge in [0.25, 0.3) is 0 Å². The van der Waals surface area contributed by atoms with Crippen molar-refractivity contribution in [2.75, 3.05) is 19.7 Å². The third-order valence-electron chi connectivity index (χ3n) is 5.81. The number of aliphatic hydroxyl groups is 1. The van der Waals surface area contributed by atoms with Crippen LogP contribution in [0.15, 0.2) is 6.20 Å². The lowest BCUT2D eigenvalue weighted by molar-refractivity contribution is -0.109. The maximum Gasteiger partial charge on any atom is 0.317 e. The van der Waals surface area contributed by atoms with Crippen LogP contribution in [-0.4, -0.2) is 63.3 Å². The molecule has 0 bridgehead atoms. The summed E-state index contributed by atoms with van der Waals surface area (Å²) in [4.78, 5) is 14.3. The van der Waals surface area contributed by atoms with Crippen molar-refractivity contribution in [3.63, 3.8) is 0 Å². The number of urea groups is 1. The molecule has 1 saturated carbocycles. The van der Waals surface area contributed by atoms with E-state index in [9.17, 15) is 9.90 Å². The number of carbonyl (C=O) groups excluding carboxylic acids is 1. The number of hydrogen-bond acceptors (Lipinski definition) is 5. The lowest BCUT2D eigenvalue weighted by Gasteiger charge is -2.54. The van der Waals surface area contributed by atoms with E-state index < -0.39 is 5.60 Å². The Morgan fingerprint density at radius 1 is 1.57 bits per heavy atom. The van der Waals surface area contributed by atoms with Gasteiger partial charge in [0.1, 0.15) is 11.3 Å². The minimum Gasteiger partial charge on any atom is -0.381 e. The number of aromatic nitrogens is 3. The molecule has 1 aromatic heterocycles. The van der Waals surface area contributed by atoms with E-state index in [2.05, 4.69) is 34.6 Å². The number of aromatic amines is 1. The molecule has 2 amide bonds. The van der Waals surface area contributed by atoms with Gasteiger partial charge in [-0.3, -0.25) is 0 Å². The minimum atomic E-state index is -1.11. The molecule has 3 heterocycles. The molecule has 0 radical (unpaired) electrons. The zero-order chi connectivity index (χ0) is 16.2. The van der Waals surface area contributed by atoms with Crippen LogP contribution < -0.4 is 5.32 Å². The molecule has 8 nitrogen and oxygen atoms in total. The Balaban J connectivity index is 1.41. The summed E-state index contributed by atoms with van der Waals surface area (Å²) >= 11 is 0. The molecular weight excluding hydrogens is 298 g/mol. The summed E-state index contributed by atoms with van der Waals surface area (Å²) in [6.45, 7) is 5.80. The van der Waals surface area contributed by atoms with Gasteiger partial charge in [-0.25, -0.2) is 4.79 Å². The van der Waals surface area contributed by atoms with Crippen molar-refractivity contribution >= 4 is 6.03 Å². The Bertz CT molecular complexity index is 604. The maximum absolute atomic E-state index is 12.6. The van der Waals surface area contributed by atoms with Crippen molar-refractivity contribution in [3.05, 3.63) is 11.9 Å². The SMILES string of the molecule is CC1(C)C(NC(=O)N2CCC(O)(c3cn[nH]n3)C2)C2CCOC21. The van der Waals surface area contributed by atoms with E-state index in [1.807, 2.05) is 0 Å². The lowest BCUT2D eigenvalue weighted by atomic mass is 9.57. The summed E-state index contributed by atoms with van der Waals surface area (Å²) in [5, 5.41) is 24.0. The summed E-state index contributed by atoms with van der Waals surface area (Å²) in [5.41, 5.74) is -0.668. The summed E-state index contributed by atoms with van der Waals surface area (Å²) in [6, 6.07) is 0.0103. The second-order valence-electron chi connectivity index (χ2n) is 7.55. The predicted octanol–water partition coefficient (Wildman–Crippen LogP) is 0.221. The number of amides is 2. The van der Waals surface area contributed by atoms with Crippen LogP contribution in [0.4, 0.5) is 4.79 Å². The quantitative estimate of drug-likeness (QED) is 0.723. The summed E-state index contributed by atoms with van der Waals surface area (Å²) in [6.07, 6.45) is 3.23. The molecule has 0 spiro atoms. The zero-order valence-corrected chi connectivity index (χ0v) is 13.5. The number of H-pyrrole nitrogens is 1. The van der Waals surface area contributed by atoms with Gasteiger partial charge in [0, 0.05) is 36.9 Å². The van der Waals surface area contributed by atoms with E-state index in [4.69, 9.17) is 4.74 Å². The summed E-state index contributed by atoms with van der Waals surface area (Å²) in [5.74, 6) is 0.408. The maximum atomic E-state index is 12.6. The number of ether oxygens (including phenoxy) is 1. The van der Waals surface area contributed by atoms with E-state index in [1.165, 1.54) is 6.20 Å². The molecule has 1 aromatic rings. The highest BCUT2D eigenvalue weighted by molar-refractivity contribution is 5.75. The molecule has 23 heavy (non-hydrogen) atoms. The monoisotopic (exact) mass is 321 g/mol. The van der Waals surface area contributed by atoms with Crippen molar-refractivity contribution < 1.29 is 14.6 Å². The largest absolute Gasteiger partial charge is 0.381 e. The van der Waals surface area contributed by atoms with E-state index in [0.717, 1.165) is 13.0 Å². The van der Waals surface area contributed by atoms with Crippen molar-refractivity contribution in [3.8, 4) is 0 Å². The van der Waals surface area contributed by atoms with Crippen LogP contribution in [-0.2, 0) is 10.3 Å². The van der Waals surface area contributed by atoms with Gasteiger partial charge < -0.3 is 20.1 Å². The fourth-order valence-electron chi connectivity index (χ4n) is 4.44. The average molecular weight is 321 g/mol. The molecule has 2 aliphatic heterocycles. The number of β-amino-alcohol motifs (C(OH)–C–C–N with tert-alkyl or cyclic N) is 1. The first-order chi connectivity index (χ1) is 10.9. The first kappa shape index (κ1) is 14.9. The second-order valence-corrected chi connectivity index (χ2v) is 7.55. The third-order valence-corrected chi connectivity index (χ3v) is 5.81. The number of rotatable bonds is 2. The van der Waals surface area contributed by atoms with Gasteiger partial charge in [-0.2, -0.15) is 15.4 Å².